The zero-order valence-corrected chi connectivity index (χ0v) is 12.1. The molecule has 0 radical (unpaired) electrons. The van der Waals surface area contributed by atoms with E-state index in [1.807, 2.05) is 24.3 Å². The average molecular weight is 276 g/mol. The van der Waals surface area contributed by atoms with E-state index < -0.39 is 0 Å². The van der Waals surface area contributed by atoms with Crippen LogP contribution in [0.25, 0.3) is 0 Å². The number of aryl methyl sites for hydroxylation is 1. The number of ether oxygens (including phenoxy) is 2. The number of rotatable bonds is 7. The first-order chi connectivity index (χ1) is 9.52. The highest BCUT2D eigenvalue weighted by atomic mass is 16.5. The van der Waals surface area contributed by atoms with Gasteiger partial charge < -0.3 is 14.3 Å². The fraction of sp³-hybridized carbons (Fsp3) is 0.375. The van der Waals surface area contributed by atoms with E-state index in [1.165, 1.54) is 7.11 Å². The Balaban J connectivity index is 2.46. The Bertz CT molecular complexity index is 486. The van der Waals surface area contributed by atoms with Crippen LogP contribution in [0.3, 0.4) is 0 Å². The van der Waals surface area contributed by atoms with E-state index in [1.54, 1.807) is 19.9 Å². The van der Waals surface area contributed by atoms with Gasteiger partial charge in [-0.3, -0.25) is 0 Å². The molecule has 0 atom stereocenters. The van der Waals surface area contributed by atoms with Crippen molar-refractivity contribution in [3.8, 4) is 5.75 Å². The van der Waals surface area contributed by atoms with Gasteiger partial charge >= 0.3 is 5.97 Å². The van der Waals surface area contributed by atoms with Crippen molar-refractivity contribution in [2.45, 2.75) is 26.7 Å². The number of carbonyl (C=O) groups is 2. The topological polar surface area (TPSA) is 52.6 Å². The summed E-state index contributed by atoms with van der Waals surface area (Å²) in [6.45, 7) is 3.58. The smallest absolute Gasteiger partial charge is 0.333 e. The van der Waals surface area contributed by atoms with Crippen molar-refractivity contribution in [3.63, 3.8) is 0 Å². The third-order valence-electron chi connectivity index (χ3n) is 2.84. The van der Waals surface area contributed by atoms with Crippen LogP contribution in [0, 0.1) is 0 Å². The first-order valence-corrected chi connectivity index (χ1v) is 6.49. The fourth-order valence-electron chi connectivity index (χ4n) is 1.58. The molecular formula is C16H20O4. The molecule has 0 aliphatic carbocycles. The first-order valence-electron chi connectivity index (χ1n) is 6.49. The molecule has 4 heteroatoms. The van der Waals surface area contributed by atoms with Crippen LogP contribution in [0.2, 0.25) is 0 Å². The molecule has 0 bridgehead atoms. The van der Waals surface area contributed by atoms with Gasteiger partial charge in [0.05, 0.1) is 7.11 Å². The summed E-state index contributed by atoms with van der Waals surface area (Å²) in [4.78, 5) is 22.1. The average Bonchev–Trinajstić information content (AvgIpc) is 2.45. The van der Waals surface area contributed by atoms with E-state index in [0.717, 1.165) is 17.7 Å². The molecule has 0 N–H and O–H groups in total. The van der Waals surface area contributed by atoms with Crippen LogP contribution in [0.15, 0.2) is 35.9 Å². The predicted octanol–water partition coefficient (Wildman–Crippen LogP) is 2.71. The van der Waals surface area contributed by atoms with Crippen molar-refractivity contribution >= 4 is 11.8 Å². The van der Waals surface area contributed by atoms with E-state index in [4.69, 9.17) is 4.74 Å². The second-order valence-corrected chi connectivity index (χ2v) is 4.54. The quantitative estimate of drug-likeness (QED) is 0.567. The lowest BCUT2D eigenvalue weighted by atomic mass is 10.1. The summed E-state index contributed by atoms with van der Waals surface area (Å²) in [6, 6.07) is 7.60. The van der Waals surface area contributed by atoms with Crippen molar-refractivity contribution in [1.82, 2.24) is 0 Å². The molecule has 0 heterocycles. The number of Topliss-reactive ketones (excluding diaryl/α,β-unsaturated/α-hetero) is 1. The van der Waals surface area contributed by atoms with Gasteiger partial charge in [0.25, 0.3) is 0 Å². The molecule has 0 aliphatic rings. The molecule has 0 amide bonds. The molecule has 0 saturated carbocycles. The van der Waals surface area contributed by atoms with Crippen LogP contribution in [-0.2, 0) is 20.7 Å². The SMILES string of the molecule is COC(=O)C(C)=CCOc1ccc(CCC(C)=O)cc1. The summed E-state index contributed by atoms with van der Waals surface area (Å²) < 4.78 is 10.1. The molecule has 20 heavy (non-hydrogen) atoms. The van der Waals surface area contributed by atoms with Crippen molar-refractivity contribution in [2.24, 2.45) is 0 Å². The summed E-state index contributed by atoms with van der Waals surface area (Å²) >= 11 is 0. The van der Waals surface area contributed by atoms with E-state index >= 15 is 0 Å². The number of hydrogen-bond acceptors (Lipinski definition) is 4. The van der Waals surface area contributed by atoms with Crippen molar-refractivity contribution < 1.29 is 19.1 Å². The Morgan fingerprint density at radius 2 is 1.80 bits per heavy atom. The van der Waals surface area contributed by atoms with Gasteiger partial charge in [0.2, 0.25) is 0 Å². The number of hydrogen-bond donors (Lipinski definition) is 0. The second kappa shape index (κ2) is 8.15. The number of esters is 1. The van der Waals surface area contributed by atoms with Gasteiger partial charge in [-0.2, -0.15) is 0 Å². The Hall–Kier alpha value is -2.10. The van der Waals surface area contributed by atoms with E-state index in [9.17, 15) is 9.59 Å². The van der Waals surface area contributed by atoms with E-state index in [0.29, 0.717) is 18.6 Å². The number of ketones is 1. The number of benzene rings is 1. The van der Waals surface area contributed by atoms with Crippen LogP contribution < -0.4 is 4.74 Å². The van der Waals surface area contributed by atoms with Crippen LogP contribution >= 0.6 is 0 Å². The monoisotopic (exact) mass is 276 g/mol. The lowest BCUT2D eigenvalue weighted by Crippen LogP contribution is -2.04. The Morgan fingerprint density at radius 1 is 1.15 bits per heavy atom. The van der Waals surface area contributed by atoms with Gasteiger partial charge in [-0.15, -0.1) is 0 Å². The second-order valence-electron chi connectivity index (χ2n) is 4.54. The Morgan fingerprint density at radius 3 is 2.35 bits per heavy atom. The van der Waals surface area contributed by atoms with Gasteiger partial charge in [0, 0.05) is 12.0 Å². The standard InChI is InChI=1S/C16H20O4/c1-12(16(18)19-3)10-11-20-15-8-6-14(7-9-15)5-4-13(2)17/h6-10H,4-5,11H2,1-3H3. The highest BCUT2D eigenvalue weighted by molar-refractivity contribution is 5.87. The Labute approximate surface area is 119 Å². The summed E-state index contributed by atoms with van der Waals surface area (Å²) in [6.07, 6.45) is 2.98. The highest BCUT2D eigenvalue weighted by Crippen LogP contribution is 2.13. The largest absolute Gasteiger partial charge is 0.490 e. The minimum atomic E-state index is -0.354. The molecular weight excluding hydrogens is 256 g/mol. The zero-order valence-electron chi connectivity index (χ0n) is 12.1. The maximum absolute atomic E-state index is 11.2. The molecule has 0 fully saturated rings. The summed E-state index contributed by atoms with van der Waals surface area (Å²) in [5, 5.41) is 0. The van der Waals surface area contributed by atoms with E-state index in [2.05, 4.69) is 4.74 Å². The molecule has 0 spiro atoms. The molecule has 1 rings (SSSR count). The van der Waals surface area contributed by atoms with Crippen LogP contribution in [-0.4, -0.2) is 25.5 Å². The summed E-state index contributed by atoms with van der Waals surface area (Å²) in [5.74, 6) is 0.562. The lowest BCUT2D eigenvalue weighted by molar-refractivity contribution is -0.136. The van der Waals surface area contributed by atoms with Gasteiger partial charge in [-0.25, -0.2) is 4.79 Å². The molecule has 1 aromatic carbocycles. The van der Waals surface area contributed by atoms with Gasteiger partial charge in [-0.05, 0) is 44.0 Å². The van der Waals surface area contributed by atoms with E-state index in [-0.39, 0.29) is 11.8 Å². The zero-order chi connectivity index (χ0) is 15.0. The lowest BCUT2D eigenvalue weighted by Gasteiger charge is -2.05. The molecule has 0 aliphatic heterocycles. The van der Waals surface area contributed by atoms with Gasteiger partial charge in [-0.1, -0.05) is 12.1 Å². The van der Waals surface area contributed by atoms with Gasteiger partial charge in [0.1, 0.15) is 18.1 Å². The molecule has 0 aromatic heterocycles. The molecule has 0 saturated heterocycles. The maximum Gasteiger partial charge on any atom is 0.333 e. The summed E-state index contributed by atoms with van der Waals surface area (Å²) in [7, 11) is 1.35. The highest BCUT2D eigenvalue weighted by Gasteiger charge is 2.02. The van der Waals surface area contributed by atoms with Crippen LogP contribution in [0.1, 0.15) is 25.8 Å². The van der Waals surface area contributed by atoms with Crippen molar-refractivity contribution in [3.05, 3.63) is 41.5 Å². The summed E-state index contributed by atoms with van der Waals surface area (Å²) in [5.41, 5.74) is 1.62. The minimum Gasteiger partial charge on any atom is -0.490 e. The third-order valence-corrected chi connectivity index (χ3v) is 2.84. The molecule has 0 unspecified atom stereocenters. The number of methoxy groups -OCH3 is 1. The van der Waals surface area contributed by atoms with Crippen molar-refractivity contribution in [2.75, 3.05) is 13.7 Å². The maximum atomic E-state index is 11.2. The molecule has 1 aromatic rings. The first kappa shape index (κ1) is 16.0. The number of carbonyl (C=O) groups excluding carboxylic acids is 2. The normalized spacial score (nSPS) is 11.1. The van der Waals surface area contributed by atoms with Crippen LogP contribution in [0.4, 0.5) is 0 Å². The fourth-order valence-corrected chi connectivity index (χ4v) is 1.58. The Kier molecular flexibility index (Phi) is 6.50. The van der Waals surface area contributed by atoms with Crippen LogP contribution in [0.5, 0.6) is 5.75 Å². The van der Waals surface area contributed by atoms with Gasteiger partial charge in [0.15, 0.2) is 0 Å². The molecule has 108 valence electrons. The predicted molar refractivity (Wildman–Crippen MR) is 76.7 cm³/mol. The van der Waals surface area contributed by atoms with Crippen molar-refractivity contribution in [1.29, 1.82) is 0 Å². The minimum absolute atomic E-state index is 0.189. The third kappa shape index (κ3) is 5.69. The molecule has 4 nitrogen and oxygen atoms in total.